The minimum atomic E-state index is -0.381. The summed E-state index contributed by atoms with van der Waals surface area (Å²) in [5, 5.41) is 7.38. The average Bonchev–Trinajstić information content (AvgIpc) is 2.76. The standard InChI is InChI=1S/C14H17FN4/c1-9(2)14-18-3-4-19(14)8-10-5-11(13(16)17)7-12(15)6-10/h3-7,9H,8H2,1-2H3,(H3,16,17). The van der Waals surface area contributed by atoms with Crippen LogP contribution in [0.25, 0.3) is 0 Å². The number of amidine groups is 1. The van der Waals surface area contributed by atoms with Crippen molar-refractivity contribution in [3.8, 4) is 0 Å². The normalized spacial score (nSPS) is 10.9. The minimum absolute atomic E-state index is 0.129. The molecule has 3 N–H and O–H groups in total. The number of nitrogens with one attached hydrogen (secondary N) is 1. The second-order valence-corrected chi connectivity index (χ2v) is 4.83. The Labute approximate surface area is 111 Å². The maximum atomic E-state index is 13.5. The van der Waals surface area contributed by atoms with Gasteiger partial charge in [-0.2, -0.15) is 0 Å². The van der Waals surface area contributed by atoms with Crippen molar-refractivity contribution in [3.05, 3.63) is 53.4 Å². The molecule has 2 aromatic rings. The molecule has 0 aliphatic carbocycles. The lowest BCUT2D eigenvalue weighted by molar-refractivity contribution is 0.619. The first-order valence-corrected chi connectivity index (χ1v) is 6.12. The summed E-state index contributed by atoms with van der Waals surface area (Å²) in [5.41, 5.74) is 6.57. The number of nitrogens with zero attached hydrogens (tertiary/aromatic N) is 2. The number of nitrogens with two attached hydrogens (primary N) is 1. The highest BCUT2D eigenvalue weighted by atomic mass is 19.1. The topological polar surface area (TPSA) is 67.7 Å². The van der Waals surface area contributed by atoms with Crippen molar-refractivity contribution in [1.29, 1.82) is 5.41 Å². The third kappa shape index (κ3) is 2.99. The monoisotopic (exact) mass is 260 g/mol. The number of halogens is 1. The average molecular weight is 260 g/mol. The van der Waals surface area contributed by atoms with Crippen LogP contribution in [0, 0.1) is 11.2 Å². The number of rotatable bonds is 4. The molecular weight excluding hydrogens is 243 g/mol. The zero-order valence-electron chi connectivity index (χ0n) is 11.0. The lowest BCUT2D eigenvalue weighted by Crippen LogP contribution is -2.13. The molecule has 0 saturated heterocycles. The van der Waals surface area contributed by atoms with Gasteiger partial charge in [-0.05, 0) is 23.8 Å². The molecule has 0 fully saturated rings. The van der Waals surface area contributed by atoms with Crippen LogP contribution in [0.3, 0.4) is 0 Å². The molecule has 1 aromatic carbocycles. The summed E-state index contributed by atoms with van der Waals surface area (Å²) in [6.45, 7) is 4.64. The van der Waals surface area contributed by atoms with Crippen molar-refractivity contribution in [2.45, 2.75) is 26.3 Å². The molecule has 1 heterocycles. The van der Waals surface area contributed by atoms with E-state index in [1.807, 2.05) is 10.8 Å². The highest BCUT2D eigenvalue weighted by Crippen LogP contribution is 2.15. The lowest BCUT2D eigenvalue weighted by Gasteiger charge is -2.11. The number of imidazole rings is 1. The van der Waals surface area contributed by atoms with E-state index in [1.165, 1.54) is 12.1 Å². The number of nitrogen functional groups attached to an aromatic ring is 1. The van der Waals surface area contributed by atoms with Crippen molar-refractivity contribution in [2.75, 3.05) is 0 Å². The van der Waals surface area contributed by atoms with Gasteiger partial charge in [0.15, 0.2) is 0 Å². The molecule has 1 aromatic heterocycles. The summed E-state index contributed by atoms with van der Waals surface area (Å²) in [7, 11) is 0. The maximum absolute atomic E-state index is 13.5. The van der Waals surface area contributed by atoms with Crippen molar-refractivity contribution in [3.63, 3.8) is 0 Å². The first-order chi connectivity index (χ1) is 8.97. The Hall–Kier alpha value is -2.17. The number of hydrogen-bond acceptors (Lipinski definition) is 2. The molecule has 0 radical (unpaired) electrons. The SMILES string of the molecule is CC(C)c1nccn1Cc1cc(F)cc(C(=N)N)c1. The van der Waals surface area contributed by atoms with E-state index < -0.39 is 0 Å². The lowest BCUT2D eigenvalue weighted by atomic mass is 10.1. The molecule has 0 bridgehead atoms. The number of aromatic nitrogens is 2. The van der Waals surface area contributed by atoms with Crippen LogP contribution in [0.4, 0.5) is 4.39 Å². The Kier molecular flexibility index (Phi) is 3.64. The molecule has 100 valence electrons. The van der Waals surface area contributed by atoms with Gasteiger partial charge in [-0.1, -0.05) is 13.8 Å². The Balaban J connectivity index is 2.33. The van der Waals surface area contributed by atoms with Gasteiger partial charge >= 0.3 is 0 Å². The highest BCUT2D eigenvalue weighted by Gasteiger charge is 2.09. The molecule has 0 atom stereocenters. The third-order valence-electron chi connectivity index (χ3n) is 2.89. The zero-order valence-corrected chi connectivity index (χ0v) is 11.0. The van der Waals surface area contributed by atoms with Crippen molar-refractivity contribution >= 4 is 5.84 Å². The van der Waals surface area contributed by atoms with Gasteiger partial charge in [0.05, 0.1) is 0 Å². The van der Waals surface area contributed by atoms with Crippen LogP contribution in [0.5, 0.6) is 0 Å². The van der Waals surface area contributed by atoms with Crippen molar-refractivity contribution in [2.24, 2.45) is 5.73 Å². The molecular formula is C14H17FN4. The first kappa shape index (κ1) is 13.3. The fourth-order valence-electron chi connectivity index (χ4n) is 2.05. The maximum Gasteiger partial charge on any atom is 0.124 e. The smallest absolute Gasteiger partial charge is 0.124 e. The first-order valence-electron chi connectivity index (χ1n) is 6.12. The largest absolute Gasteiger partial charge is 0.384 e. The van der Waals surface area contributed by atoms with E-state index >= 15 is 0 Å². The van der Waals surface area contributed by atoms with Crippen LogP contribution in [0.15, 0.2) is 30.6 Å². The zero-order chi connectivity index (χ0) is 14.0. The third-order valence-corrected chi connectivity index (χ3v) is 2.89. The molecule has 0 unspecified atom stereocenters. The quantitative estimate of drug-likeness (QED) is 0.655. The number of hydrogen-bond donors (Lipinski definition) is 2. The Morgan fingerprint density at radius 3 is 2.79 bits per heavy atom. The summed E-state index contributed by atoms with van der Waals surface area (Å²) in [6.07, 6.45) is 3.61. The van der Waals surface area contributed by atoms with E-state index in [0.29, 0.717) is 18.0 Å². The second-order valence-electron chi connectivity index (χ2n) is 4.83. The molecule has 2 rings (SSSR count). The van der Waals surface area contributed by atoms with Crippen molar-refractivity contribution in [1.82, 2.24) is 9.55 Å². The van der Waals surface area contributed by atoms with E-state index in [0.717, 1.165) is 11.4 Å². The summed E-state index contributed by atoms with van der Waals surface area (Å²) in [5.74, 6) is 0.744. The minimum Gasteiger partial charge on any atom is -0.384 e. The van der Waals surface area contributed by atoms with Gasteiger partial charge in [-0.15, -0.1) is 0 Å². The van der Waals surface area contributed by atoms with Crippen LogP contribution in [0.1, 0.15) is 36.7 Å². The van der Waals surface area contributed by atoms with Crippen LogP contribution in [-0.2, 0) is 6.54 Å². The van der Waals surface area contributed by atoms with Crippen LogP contribution >= 0.6 is 0 Å². The van der Waals surface area contributed by atoms with E-state index in [9.17, 15) is 4.39 Å². The summed E-state index contributed by atoms with van der Waals surface area (Å²) < 4.78 is 15.5. The van der Waals surface area contributed by atoms with Crippen LogP contribution < -0.4 is 5.73 Å². The molecule has 0 saturated carbocycles. The van der Waals surface area contributed by atoms with Crippen LogP contribution in [-0.4, -0.2) is 15.4 Å². The van der Waals surface area contributed by atoms with Crippen molar-refractivity contribution < 1.29 is 4.39 Å². The molecule has 4 nitrogen and oxygen atoms in total. The van der Waals surface area contributed by atoms with Gasteiger partial charge in [0.1, 0.15) is 17.5 Å². The van der Waals surface area contributed by atoms with Gasteiger partial charge in [-0.25, -0.2) is 9.37 Å². The second kappa shape index (κ2) is 5.22. The predicted molar refractivity (Wildman–Crippen MR) is 72.8 cm³/mol. The molecule has 19 heavy (non-hydrogen) atoms. The molecule has 0 aliphatic heterocycles. The van der Waals surface area contributed by atoms with Gasteiger partial charge in [0.25, 0.3) is 0 Å². The number of benzene rings is 1. The van der Waals surface area contributed by atoms with Gasteiger partial charge < -0.3 is 10.3 Å². The molecule has 5 heteroatoms. The fraction of sp³-hybridized carbons (Fsp3) is 0.286. The van der Waals surface area contributed by atoms with E-state index in [4.69, 9.17) is 11.1 Å². The Morgan fingerprint density at radius 1 is 1.42 bits per heavy atom. The van der Waals surface area contributed by atoms with Gasteiger partial charge in [0, 0.05) is 30.4 Å². The van der Waals surface area contributed by atoms with Gasteiger partial charge in [-0.3, -0.25) is 5.41 Å². The fourth-order valence-corrected chi connectivity index (χ4v) is 2.05. The van der Waals surface area contributed by atoms with Crippen LogP contribution in [0.2, 0.25) is 0 Å². The van der Waals surface area contributed by atoms with Gasteiger partial charge in [0.2, 0.25) is 0 Å². The molecule has 0 amide bonds. The summed E-state index contributed by atoms with van der Waals surface area (Å²) in [6, 6.07) is 4.45. The van der Waals surface area contributed by atoms with E-state index in [2.05, 4.69) is 18.8 Å². The summed E-state index contributed by atoms with van der Waals surface area (Å²) >= 11 is 0. The van der Waals surface area contributed by atoms with E-state index in [1.54, 1.807) is 12.3 Å². The Morgan fingerprint density at radius 2 is 2.16 bits per heavy atom. The summed E-state index contributed by atoms with van der Waals surface area (Å²) in [4.78, 5) is 4.29. The molecule has 0 spiro atoms. The highest BCUT2D eigenvalue weighted by molar-refractivity contribution is 5.95. The Bertz CT molecular complexity index is 601. The van der Waals surface area contributed by atoms with E-state index in [-0.39, 0.29) is 11.7 Å². The molecule has 0 aliphatic rings. The predicted octanol–water partition coefficient (Wildman–Crippen LogP) is 2.48.